The number of carbonyl (C=O) groups excluding carboxylic acids is 1. The van der Waals surface area contributed by atoms with E-state index >= 15 is 0 Å². The first kappa shape index (κ1) is 12.9. The Kier molecular flexibility index (Phi) is 3.73. The molecule has 102 valence electrons. The van der Waals surface area contributed by atoms with Gasteiger partial charge in [0.05, 0.1) is 6.42 Å². The van der Waals surface area contributed by atoms with Gasteiger partial charge in [-0.15, -0.1) is 0 Å². The summed E-state index contributed by atoms with van der Waals surface area (Å²) in [5, 5.41) is 7.03. The highest BCUT2D eigenvalue weighted by molar-refractivity contribution is 6.31. The summed E-state index contributed by atoms with van der Waals surface area (Å²) in [5.41, 5.74) is 3.18. The van der Waals surface area contributed by atoms with E-state index in [0.717, 1.165) is 61.0 Å². The van der Waals surface area contributed by atoms with Gasteiger partial charge >= 0.3 is 0 Å². The molecule has 0 aromatic heterocycles. The molecule has 1 amide bonds. The second-order valence-corrected chi connectivity index (χ2v) is 5.60. The van der Waals surface area contributed by atoms with Crippen molar-refractivity contribution in [2.24, 2.45) is 0 Å². The van der Waals surface area contributed by atoms with Crippen LogP contribution < -0.4 is 10.6 Å². The number of piperazine rings is 1. The largest absolute Gasteiger partial charge is 0.325 e. The summed E-state index contributed by atoms with van der Waals surface area (Å²) in [4.78, 5) is 13.9. The molecular weight excluding hydrogens is 262 g/mol. The number of nitrogens with one attached hydrogen (secondary N) is 2. The van der Waals surface area contributed by atoms with Crippen molar-refractivity contribution < 1.29 is 4.79 Å². The van der Waals surface area contributed by atoms with Gasteiger partial charge in [0.15, 0.2) is 0 Å². The molecular formula is C14H18ClN3O. The molecule has 19 heavy (non-hydrogen) atoms. The average molecular weight is 280 g/mol. The molecule has 2 heterocycles. The highest BCUT2D eigenvalue weighted by Gasteiger charge is 2.21. The van der Waals surface area contributed by atoms with Crippen molar-refractivity contribution >= 4 is 23.2 Å². The predicted octanol–water partition coefficient (Wildman–Crippen LogP) is 1.28. The van der Waals surface area contributed by atoms with E-state index in [0.29, 0.717) is 6.42 Å². The maximum atomic E-state index is 11.5. The molecule has 3 rings (SSSR count). The van der Waals surface area contributed by atoms with Gasteiger partial charge in [0.2, 0.25) is 5.91 Å². The van der Waals surface area contributed by atoms with Crippen LogP contribution >= 0.6 is 11.6 Å². The first-order chi connectivity index (χ1) is 9.22. The number of fused-ring (bicyclic) bond motifs is 1. The fraction of sp³-hybridized carbons (Fsp3) is 0.500. The molecule has 1 aromatic rings. The third kappa shape index (κ3) is 2.91. The Morgan fingerprint density at radius 3 is 2.84 bits per heavy atom. The Bertz CT molecular complexity index is 498. The van der Waals surface area contributed by atoms with E-state index in [1.807, 2.05) is 12.1 Å². The van der Waals surface area contributed by atoms with Crippen LogP contribution in [-0.2, 0) is 17.6 Å². The van der Waals surface area contributed by atoms with Crippen molar-refractivity contribution in [1.82, 2.24) is 10.2 Å². The maximum absolute atomic E-state index is 11.5. The maximum Gasteiger partial charge on any atom is 0.228 e. The second kappa shape index (κ2) is 5.49. The van der Waals surface area contributed by atoms with Crippen molar-refractivity contribution in [1.29, 1.82) is 0 Å². The van der Waals surface area contributed by atoms with Gasteiger partial charge in [-0.05, 0) is 29.7 Å². The summed E-state index contributed by atoms with van der Waals surface area (Å²) in [6, 6.07) is 3.87. The number of anilines is 1. The molecule has 4 nitrogen and oxygen atoms in total. The molecule has 0 radical (unpaired) electrons. The SMILES string of the molecule is O=C1Cc2cc(Cl)cc(CCN3CCNCC3)c2N1. The minimum Gasteiger partial charge on any atom is -0.325 e. The molecule has 0 bridgehead atoms. The van der Waals surface area contributed by atoms with Gasteiger partial charge in [0, 0.05) is 43.4 Å². The molecule has 1 fully saturated rings. The van der Waals surface area contributed by atoms with Crippen LogP contribution in [0.4, 0.5) is 5.69 Å². The molecule has 0 atom stereocenters. The van der Waals surface area contributed by atoms with Gasteiger partial charge in [-0.1, -0.05) is 11.6 Å². The van der Waals surface area contributed by atoms with Crippen molar-refractivity contribution in [3.05, 3.63) is 28.3 Å². The van der Waals surface area contributed by atoms with E-state index in [1.54, 1.807) is 0 Å². The smallest absolute Gasteiger partial charge is 0.228 e. The monoisotopic (exact) mass is 279 g/mol. The average Bonchev–Trinajstić information content (AvgIpc) is 2.77. The molecule has 0 unspecified atom stereocenters. The number of benzene rings is 1. The third-order valence-corrected chi connectivity index (χ3v) is 4.01. The minimum absolute atomic E-state index is 0.0701. The Labute approximate surface area is 118 Å². The second-order valence-electron chi connectivity index (χ2n) is 5.17. The van der Waals surface area contributed by atoms with Gasteiger partial charge in [0.1, 0.15) is 0 Å². The number of hydrogen-bond donors (Lipinski definition) is 2. The highest BCUT2D eigenvalue weighted by Crippen LogP contribution is 2.31. The van der Waals surface area contributed by atoms with Crippen LogP contribution in [0.2, 0.25) is 5.02 Å². The van der Waals surface area contributed by atoms with E-state index < -0.39 is 0 Å². The topological polar surface area (TPSA) is 44.4 Å². The number of halogens is 1. The molecule has 1 saturated heterocycles. The Morgan fingerprint density at radius 2 is 2.05 bits per heavy atom. The van der Waals surface area contributed by atoms with Gasteiger partial charge in [-0.2, -0.15) is 0 Å². The molecule has 5 heteroatoms. The van der Waals surface area contributed by atoms with E-state index in [-0.39, 0.29) is 5.91 Å². The lowest BCUT2D eigenvalue weighted by Crippen LogP contribution is -2.44. The van der Waals surface area contributed by atoms with Crippen molar-refractivity contribution in [3.63, 3.8) is 0 Å². The quantitative estimate of drug-likeness (QED) is 0.876. The van der Waals surface area contributed by atoms with Crippen molar-refractivity contribution in [3.8, 4) is 0 Å². The lowest BCUT2D eigenvalue weighted by Gasteiger charge is -2.27. The van der Waals surface area contributed by atoms with Gasteiger partial charge in [-0.25, -0.2) is 0 Å². The summed E-state index contributed by atoms with van der Waals surface area (Å²) >= 11 is 6.14. The molecule has 2 aliphatic heterocycles. The zero-order chi connectivity index (χ0) is 13.2. The number of hydrogen-bond acceptors (Lipinski definition) is 3. The molecule has 2 N–H and O–H groups in total. The number of carbonyl (C=O) groups is 1. The van der Waals surface area contributed by atoms with Crippen LogP contribution in [0.25, 0.3) is 0 Å². The van der Waals surface area contributed by atoms with Crippen LogP contribution in [0.1, 0.15) is 11.1 Å². The summed E-state index contributed by atoms with van der Waals surface area (Å²) in [5.74, 6) is 0.0701. The van der Waals surface area contributed by atoms with Gasteiger partial charge in [-0.3, -0.25) is 4.79 Å². The predicted molar refractivity (Wildman–Crippen MR) is 76.8 cm³/mol. The van der Waals surface area contributed by atoms with Crippen LogP contribution in [0, 0.1) is 0 Å². The summed E-state index contributed by atoms with van der Waals surface area (Å²) in [6.07, 6.45) is 1.39. The number of rotatable bonds is 3. The fourth-order valence-corrected chi connectivity index (χ4v) is 3.06. The highest BCUT2D eigenvalue weighted by atomic mass is 35.5. The fourth-order valence-electron chi connectivity index (χ4n) is 2.79. The molecule has 2 aliphatic rings. The zero-order valence-corrected chi connectivity index (χ0v) is 11.6. The van der Waals surface area contributed by atoms with Crippen LogP contribution in [0.3, 0.4) is 0 Å². The van der Waals surface area contributed by atoms with Crippen molar-refractivity contribution in [2.45, 2.75) is 12.8 Å². The van der Waals surface area contributed by atoms with Crippen LogP contribution in [0.5, 0.6) is 0 Å². The van der Waals surface area contributed by atoms with Gasteiger partial charge in [0.25, 0.3) is 0 Å². The van der Waals surface area contributed by atoms with E-state index in [1.165, 1.54) is 0 Å². The Balaban J connectivity index is 1.72. The minimum atomic E-state index is 0.0701. The number of amides is 1. The van der Waals surface area contributed by atoms with E-state index in [9.17, 15) is 4.79 Å². The van der Waals surface area contributed by atoms with E-state index in [2.05, 4.69) is 15.5 Å². The third-order valence-electron chi connectivity index (χ3n) is 3.79. The standard InChI is InChI=1S/C14H18ClN3O/c15-12-7-10(1-4-18-5-2-16-3-6-18)14-11(8-12)9-13(19)17-14/h7-8,16H,1-6,9H2,(H,17,19). The van der Waals surface area contributed by atoms with Crippen molar-refractivity contribution in [2.75, 3.05) is 38.0 Å². The van der Waals surface area contributed by atoms with Crippen LogP contribution in [0.15, 0.2) is 12.1 Å². The summed E-state index contributed by atoms with van der Waals surface area (Å²) in [7, 11) is 0. The molecule has 1 aromatic carbocycles. The Morgan fingerprint density at radius 1 is 1.26 bits per heavy atom. The van der Waals surface area contributed by atoms with E-state index in [4.69, 9.17) is 11.6 Å². The molecule has 0 spiro atoms. The first-order valence-corrected chi connectivity index (χ1v) is 7.14. The van der Waals surface area contributed by atoms with Gasteiger partial charge < -0.3 is 15.5 Å². The van der Waals surface area contributed by atoms with Crippen LogP contribution in [-0.4, -0.2) is 43.5 Å². The lowest BCUT2D eigenvalue weighted by molar-refractivity contribution is -0.115. The summed E-state index contributed by atoms with van der Waals surface area (Å²) < 4.78 is 0. The molecule has 0 aliphatic carbocycles. The first-order valence-electron chi connectivity index (χ1n) is 6.76. The molecule has 0 saturated carbocycles. The normalized spacial score (nSPS) is 19.3. The Hall–Kier alpha value is -1.10. The summed E-state index contributed by atoms with van der Waals surface area (Å²) in [6.45, 7) is 5.32. The zero-order valence-electron chi connectivity index (χ0n) is 10.8. The lowest BCUT2D eigenvalue weighted by atomic mass is 10.0. The number of nitrogens with zero attached hydrogens (tertiary/aromatic N) is 1.